The van der Waals surface area contributed by atoms with Gasteiger partial charge in [0.2, 0.25) is 5.91 Å². The largest absolute Gasteiger partial charge is 0.457 e. The third-order valence-electron chi connectivity index (χ3n) is 6.43. The predicted molar refractivity (Wildman–Crippen MR) is 143 cm³/mol. The fraction of sp³-hybridized carbons (Fsp3) is 0.167. The summed E-state index contributed by atoms with van der Waals surface area (Å²) in [4.78, 5) is 29.7. The average Bonchev–Trinajstić information content (AvgIpc) is 3.51. The van der Waals surface area contributed by atoms with E-state index < -0.39 is 17.7 Å². The van der Waals surface area contributed by atoms with Crippen molar-refractivity contribution in [3.8, 4) is 0 Å². The van der Waals surface area contributed by atoms with Gasteiger partial charge in [0, 0.05) is 28.9 Å². The number of hydrogen-bond donors (Lipinski definition) is 3. The molecule has 2 unspecified atom stereocenters. The zero-order valence-electron chi connectivity index (χ0n) is 20.5. The van der Waals surface area contributed by atoms with Gasteiger partial charge in [-0.25, -0.2) is 4.79 Å². The molecule has 0 saturated carbocycles. The lowest BCUT2D eigenvalue weighted by Crippen LogP contribution is -2.58. The first-order chi connectivity index (χ1) is 17.9. The molecule has 2 heterocycles. The van der Waals surface area contributed by atoms with Crippen LogP contribution in [0.4, 0.5) is 4.79 Å². The number of aromatic amines is 1. The van der Waals surface area contributed by atoms with Crippen LogP contribution in [0, 0.1) is 6.92 Å². The van der Waals surface area contributed by atoms with Crippen LogP contribution < -0.4 is 10.6 Å². The van der Waals surface area contributed by atoms with Crippen LogP contribution >= 0.6 is 0 Å². The normalized spacial score (nSPS) is 13.7. The molecule has 0 spiro atoms. The van der Waals surface area contributed by atoms with Gasteiger partial charge in [-0.15, -0.1) is 0 Å². The molecular weight excluding hydrogens is 466 g/mol. The molecule has 7 nitrogen and oxygen atoms in total. The smallest absolute Gasteiger partial charge is 0.408 e. The molecule has 0 aliphatic carbocycles. The van der Waals surface area contributed by atoms with Crippen molar-refractivity contribution in [3.63, 3.8) is 0 Å². The fourth-order valence-corrected chi connectivity index (χ4v) is 4.43. The minimum absolute atomic E-state index is 0.0622. The summed E-state index contributed by atoms with van der Waals surface area (Å²) in [5.41, 5.74) is 2.10. The van der Waals surface area contributed by atoms with Gasteiger partial charge in [0.1, 0.15) is 16.9 Å². The molecule has 2 atom stereocenters. The molecule has 0 aliphatic rings. The lowest BCUT2D eigenvalue weighted by molar-refractivity contribution is -0.127. The van der Waals surface area contributed by atoms with Gasteiger partial charge in [0.25, 0.3) is 0 Å². The van der Waals surface area contributed by atoms with Crippen LogP contribution in [0.15, 0.2) is 95.5 Å². The molecule has 187 valence electrons. The summed E-state index contributed by atoms with van der Waals surface area (Å²) in [5, 5.41) is 7.65. The Morgan fingerprint density at radius 1 is 1.03 bits per heavy atom. The minimum Gasteiger partial charge on any atom is -0.457 e. The Hall–Kier alpha value is -4.52. The number of nitrogens with one attached hydrogen (secondary N) is 3. The second-order valence-electron chi connectivity index (χ2n) is 9.26. The number of carbonyl (C=O) groups is 2. The summed E-state index contributed by atoms with van der Waals surface area (Å²) >= 11 is 0. The molecule has 2 aromatic heterocycles. The molecule has 7 heteroatoms. The molecule has 0 saturated heterocycles. The van der Waals surface area contributed by atoms with Crippen molar-refractivity contribution in [3.05, 3.63) is 115 Å². The van der Waals surface area contributed by atoms with Crippen molar-refractivity contribution in [2.45, 2.75) is 31.5 Å². The first-order valence-electron chi connectivity index (χ1n) is 12.1. The van der Waals surface area contributed by atoms with Crippen molar-refractivity contribution < 1.29 is 18.7 Å². The summed E-state index contributed by atoms with van der Waals surface area (Å²) in [7, 11) is 0. The lowest BCUT2D eigenvalue weighted by atomic mass is 9.91. The number of fused-ring (bicyclic) bond motifs is 2. The van der Waals surface area contributed by atoms with E-state index in [-0.39, 0.29) is 18.9 Å². The van der Waals surface area contributed by atoms with Gasteiger partial charge in [-0.05, 0) is 43.2 Å². The van der Waals surface area contributed by atoms with Gasteiger partial charge >= 0.3 is 6.09 Å². The number of furan rings is 1. The summed E-state index contributed by atoms with van der Waals surface area (Å²) in [5.74, 6) is 0.142. The number of ether oxygens (including phenoxy) is 1. The van der Waals surface area contributed by atoms with Crippen LogP contribution in [-0.4, -0.2) is 22.5 Å². The SMILES string of the molecule is [CH2]C(NC(=O)C(C)(Cc1c[nH]c2ccccc12)NC(=O)OCc1cc2ccccc2o1)c1ccccc1. The number of aromatic nitrogens is 1. The average molecular weight is 495 g/mol. The predicted octanol–water partition coefficient (Wildman–Crippen LogP) is 5.83. The number of hydrogen-bond acceptors (Lipinski definition) is 4. The van der Waals surface area contributed by atoms with Crippen LogP contribution in [0.5, 0.6) is 0 Å². The zero-order chi connectivity index (χ0) is 25.8. The maximum atomic E-state index is 13.6. The molecule has 2 amide bonds. The first kappa shape index (κ1) is 24.2. The highest BCUT2D eigenvalue weighted by molar-refractivity contribution is 5.92. The van der Waals surface area contributed by atoms with Crippen molar-refractivity contribution in [1.82, 2.24) is 15.6 Å². The Balaban J connectivity index is 1.34. The maximum Gasteiger partial charge on any atom is 0.408 e. The molecule has 3 N–H and O–H groups in total. The molecule has 37 heavy (non-hydrogen) atoms. The van der Waals surface area contributed by atoms with Crippen molar-refractivity contribution in [2.24, 2.45) is 0 Å². The summed E-state index contributed by atoms with van der Waals surface area (Å²) in [6.45, 7) is 5.71. The van der Waals surface area contributed by atoms with Gasteiger partial charge in [-0.1, -0.05) is 66.7 Å². The molecule has 5 aromatic rings. The minimum atomic E-state index is -1.32. The Bertz CT molecular complexity index is 1510. The van der Waals surface area contributed by atoms with E-state index in [4.69, 9.17) is 9.15 Å². The van der Waals surface area contributed by atoms with Gasteiger partial charge < -0.3 is 24.8 Å². The maximum absolute atomic E-state index is 13.6. The van der Waals surface area contributed by atoms with E-state index in [0.29, 0.717) is 11.3 Å². The standard InChI is InChI=1S/C30H28N3O4/c1-20(21-10-4-3-5-11-21)32-28(34)30(2,17-23-18-31-26-14-8-7-13-25(23)26)33-29(35)36-19-24-16-22-12-6-9-15-27(22)37-24/h3-16,18,20,31H,1,17,19H2,2H3,(H,32,34)(H,33,35). The number of H-pyrrole nitrogens is 1. The molecular formula is C30H28N3O4. The Morgan fingerprint density at radius 2 is 1.76 bits per heavy atom. The highest BCUT2D eigenvalue weighted by Gasteiger charge is 2.37. The quantitative estimate of drug-likeness (QED) is 0.253. The van der Waals surface area contributed by atoms with E-state index in [1.807, 2.05) is 91.1 Å². The Labute approximate surface area is 214 Å². The fourth-order valence-electron chi connectivity index (χ4n) is 4.43. The highest BCUT2D eigenvalue weighted by atomic mass is 16.6. The van der Waals surface area contributed by atoms with E-state index in [1.165, 1.54) is 0 Å². The Morgan fingerprint density at radius 3 is 2.57 bits per heavy atom. The number of carbonyl (C=O) groups excluding carboxylic acids is 2. The van der Waals surface area contributed by atoms with Crippen LogP contribution in [0.25, 0.3) is 21.9 Å². The van der Waals surface area contributed by atoms with E-state index in [9.17, 15) is 9.59 Å². The number of rotatable bonds is 8. The molecule has 0 bridgehead atoms. The summed E-state index contributed by atoms with van der Waals surface area (Å²) < 4.78 is 11.2. The van der Waals surface area contributed by atoms with E-state index in [0.717, 1.165) is 27.4 Å². The second-order valence-corrected chi connectivity index (χ2v) is 9.26. The number of benzene rings is 3. The zero-order valence-corrected chi connectivity index (χ0v) is 20.5. The molecule has 3 aromatic carbocycles. The summed E-state index contributed by atoms with van der Waals surface area (Å²) in [6, 6.07) is 26.2. The van der Waals surface area contributed by atoms with Gasteiger partial charge in [-0.2, -0.15) is 0 Å². The first-order valence-corrected chi connectivity index (χ1v) is 12.1. The van der Waals surface area contributed by atoms with Crippen LogP contribution in [0.2, 0.25) is 0 Å². The van der Waals surface area contributed by atoms with Crippen molar-refractivity contribution in [2.75, 3.05) is 0 Å². The van der Waals surface area contributed by atoms with Crippen LogP contribution in [-0.2, 0) is 22.6 Å². The van der Waals surface area contributed by atoms with Crippen LogP contribution in [0.1, 0.15) is 29.9 Å². The van der Waals surface area contributed by atoms with Gasteiger partial charge in [0.05, 0.1) is 6.04 Å². The van der Waals surface area contributed by atoms with Gasteiger partial charge in [-0.3, -0.25) is 4.79 Å². The van der Waals surface area contributed by atoms with Crippen LogP contribution in [0.3, 0.4) is 0 Å². The number of para-hydroxylation sites is 2. The number of amides is 2. The topological polar surface area (TPSA) is 96.4 Å². The van der Waals surface area contributed by atoms with Gasteiger partial charge in [0.15, 0.2) is 6.61 Å². The second kappa shape index (κ2) is 10.2. The summed E-state index contributed by atoms with van der Waals surface area (Å²) in [6.07, 6.45) is 1.37. The monoisotopic (exact) mass is 494 g/mol. The van der Waals surface area contributed by atoms with E-state index >= 15 is 0 Å². The molecule has 0 aliphatic heterocycles. The highest BCUT2D eigenvalue weighted by Crippen LogP contribution is 2.24. The van der Waals surface area contributed by atoms with Crippen molar-refractivity contribution >= 4 is 33.9 Å². The van der Waals surface area contributed by atoms with E-state index in [2.05, 4.69) is 22.5 Å². The van der Waals surface area contributed by atoms with E-state index in [1.54, 1.807) is 6.92 Å². The lowest BCUT2D eigenvalue weighted by Gasteiger charge is -2.30. The third kappa shape index (κ3) is 5.35. The number of alkyl carbamates (subject to hydrolysis) is 1. The molecule has 1 radical (unpaired) electrons. The van der Waals surface area contributed by atoms with Crippen molar-refractivity contribution in [1.29, 1.82) is 0 Å². The molecule has 0 fully saturated rings. The molecule has 5 rings (SSSR count). The third-order valence-corrected chi connectivity index (χ3v) is 6.43. The Kier molecular flexibility index (Phi) is 6.68.